The quantitative estimate of drug-likeness (QED) is 0.812. The molecule has 0 unspecified atom stereocenters. The molecule has 20 heavy (non-hydrogen) atoms. The van der Waals surface area contributed by atoms with E-state index in [1.807, 2.05) is 4.72 Å². The van der Waals surface area contributed by atoms with E-state index in [1.165, 1.54) is 12.3 Å². The largest absolute Gasteiger partial charge is 0.275 e. The highest BCUT2D eigenvalue weighted by Gasteiger charge is 2.19. The van der Waals surface area contributed by atoms with Gasteiger partial charge in [0.25, 0.3) is 10.0 Å². The van der Waals surface area contributed by atoms with Crippen molar-refractivity contribution in [2.24, 2.45) is 0 Å². The molecule has 4 nitrogen and oxygen atoms in total. The van der Waals surface area contributed by atoms with Crippen molar-refractivity contribution in [2.75, 3.05) is 4.72 Å². The minimum absolute atomic E-state index is 0.0402. The van der Waals surface area contributed by atoms with Gasteiger partial charge in [0.1, 0.15) is 10.7 Å². The van der Waals surface area contributed by atoms with Crippen LogP contribution < -0.4 is 4.72 Å². The summed E-state index contributed by atoms with van der Waals surface area (Å²) in [5.74, 6) is -1.84. The van der Waals surface area contributed by atoms with E-state index in [0.29, 0.717) is 10.5 Å². The molecule has 0 fully saturated rings. The van der Waals surface area contributed by atoms with E-state index in [2.05, 4.69) is 36.8 Å². The minimum Gasteiger partial charge on any atom is -0.275 e. The normalized spacial score (nSPS) is 11.4. The van der Waals surface area contributed by atoms with Crippen molar-refractivity contribution in [3.05, 3.63) is 51.2 Å². The minimum atomic E-state index is -4.03. The van der Waals surface area contributed by atoms with Crippen LogP contribution >= 0.6 is 31.9 Å². The molecule has 1 aromatic heterocycles. The van der Waals surface area contributed by atoms with Crippen LogP contribution in [0.2, 0.25) is 0 Å². The second-order valence-corrected chi connectivity index (χ2v) is 7.14. The Morgan fingerprint density at radius 3 is 2.40 bits per heavy atom. The van der Waals surface area contributed by atoms with E-state index < -0.39 is 21.7 Å². The summed E-state index contributed by atoms with van der Waals surface area (Å²) in [5.41, 5.74) is -0.369. The molecule has 0 bridgehead atoms. The van der Waals surface area contributed by atoms with E-state index in [-0.39, 0.29) is 15.1 Å². The predicted octanol–water partition coefficient (Wildman–Crippen LogP) is 3.69. The van der Waals surface area contributed by atoms with Gasteiger partial charge in [-0.2, -0.15) is 0 Å². The van der Waals surface area contributed by atoms with Gasteiger partial charge in [-0.25, -0.2) is 17.2 Å². The molecule has 1 aromatic carbocycles. The van der Waals surface area contributed by atoms with Crippen molar-refractivity contribution in [1.29, 1.82) is 0 Å². The van der Waals surface area contributed by atoms with Crippen LogP contribution in [0.25, 0.3) is 0 Å². The van der Waals surface area contributed by atoms with Gasteiger partial charge in [0.15, 0.2) is 5.82 Å². The lowest BCUT2D eigenvalue weighted by atomic mass is 10.3. The van der Waals surface area contributed by atoms with E-state index in [1.54, 1.807) is 0 Å². The first-order chi connectivity index (χ1) is 9.29. The fraction of sp³-hybridized carbons (Fsp3) is 0. The van der Waals surface area contributed by atoms with Crippen LogP contribution in [0.1, 0.15) is 0 Å². The van der Waals surface area contributed by atoms with Crippen LogP contribution in [0, 0.1) is 11.6 Å². The average Bonchev–Trinajstić information content (AvgIpc) is 2.34. The second-order valence-electron chi connectivity index (χ2n) is 3.69. The molecule has 0 saturated carbocycles. The monoisotopic (exact) mass is 426 g/mol. The van der Waals surface area contributed by atoms with Crippen LogP contribution in [0.5, 0.6) is 0 Å². The van der Waals surface area contributed by atoms with Crippen molar-refractivity contribution in [3.63, 3.8) is 0 Å². The summed E-state index contributed by atoms with van der Waals surface area (Å²) in [6.45, 7) is 0. The van der Waals surface area contributed by atoms with Gasteiger partial charge in [-0.3, -0.25) is 9.71 Å². The molecule has 106 valence electrons. The molecular weight excluding hydrogens is 422 g/mol. The number of anilines is 1. The summed E-state index contributed by atoms with van der Waals surface area (Å²) in [7, 11) is -4.03. The predicted molar refractivity (Wildman–Crippen MR) is 76.8 cm³/mol. The number of pyridine rings is 1. The van der Waals surface area contributed by atoms with Crippen LogP contribution in [0.15, 0.2) is 44.4 Å². The fourth-order valence-corrected chi connectivity index (χ4v) is 3.60. The third-order valence-corrected chi connectivity index (χ3v) is 4.61. The molecule has 2 rings (SSSR count). The zero-order valence-corrected chi connectivity index (χ0v) is 13.6. The molecule has 0 aliphatic rings. The first-order valence-corrected chi connectivity index (χ1v) is 8.14. The van der Waals surface area contributed by atoms with Gasteiger partial charge in [-0.15, -0.1) is 0 Å². The first-order valence-electron chi connectivity index (χ1n) is 5.07. The van der Waals surface area contributed by atoms with E-state index in [4.69, 9.17) is 0 Å². The number of halogens is 4. The summed E-state index contributed by atoms with van der Waals surface area (Å²) in [4.78, 5) is 3.57. The highest BCUT2D eigenvalue weighted by atomic mass is 79.9. The van der Waals surface area contributed by atoms with Crippen molar-refractivity contribution >= 4 is 47.6 Å². The van der Waals surface area contributed by atoms with Gasteiger partial charge < -0.3 is 0 Å². The van der Waals surface area contributed by atoms with Crippen molar-refractivity contribution in [2.45, 2.75) is 4.90 Å². The zero-order chi connectivity index (χ0) is 14.9. The standard InChI is InChI=1S/C11H6Br2F2N2O2S/c12-6-1-8(5-16-4-6)20(18,19)17-11-9(13)2-7(14)3-10(11)15/h1-5,17H. The Morgan fingerprint density at radius 2 is 1.80 bits per heavy atom. The molecular formula is C11H6Br2F2N2O2S. The van der Waals surface area contributed by atoms with E-state index >= 15 is 0 Å². The number of sulfonamides is 1. The van der Waals surface area contributed by atoms with Crippen molar-refractivity contribution < 1.29 is 17.2 Å². The number of nitrogens with zero attached hydrogens (tertiary/aromatic N) is 1. The molecule has 0 radical (unpaired) electrons. The Morgan fingerprint density at radius 1 is 1.10 bits per heavy atom. The van der Waals surface area contributed by atoms with Crippen molar-refractivity contribution in [1.82, 2.24) is 4.98 Å². The molecule has 0 saturated heterocycles. The van der Waals surface area contributed by atoms with Gasteiger partial charge in [0.05, 0.1) is 5.69 Å². The lowest BCUT2D eigenvalue weighted by Gasteiger charge is -2.10. The maximum atomic E-state index is 13.6. The Bertz CT molecular complexity index is 746. The molecule has 1 N–H and O–H groups in total. The number of rotatable bonds is 3. The van der Waals surface area contributed by atoms with Gasteiger partial charge in [-0.1, -0.05) is 0 Å². The molecule has 0 aliphatic heterocycles. The molecule has 9 heteroatoms. The van der Waals surface area contributed by atoms with Gasteiger partial charge in [0, 0.05) is 27.4 Å². The lowest BCUT2D eigenvalue weighted by molar-refractivity contribution is 0.581. The zero-order valence-electron chi connectivity index (χ0n) is 9.57. The number of benzene rings is 1. The average molecular weight is 428 g/mol. The summed E-state index contributed by atoms with van der Waals surface area (Å²) in [6.07, 6.45) is 2.52. The molecule has 0 atom stereocenters. The SMILES string of the molecule is O=S(=O)(Nc1c(F)cc(F)cc1Br)c1cncc(Br)c1. The molecule has 0 spiro atoms. The fourth-order valence-electron chi connectivity index (χ4n) is 1.37. The van der Waals surface area contributed by atoms with Crippen LogP contribution in [-0.2, 0) is 10.0 Å². The highest BCUT2D eigenvalue weighted by molar-refractivity contribution is 9.10. The maximum absolute atomic E-state index is 13.6. The summed E-state index contributed by atoms with van der Waals surface area (Å²) in [6, 6.07) is 2.85. The van der Waals surface area contributed by atoms with E-state index in [0.717, 1.165) is 12.3 Å². The van der Waals surface area contributed by atoms with E-state index in [9.17, 15) is 17.2 Å². The Labute approximate surface area is 130 Å². The third kappa shape index (κ3) is 3.33. The summed E-state index contributed by atoms with van der Waals surface area (Å²) < 4.78 is 53.2. The maximum Gasteiger partial charge on any atom is 0.263 e. The smallest absolute Gasteiger partial charge is 0.263 e. The number of hydrogen-bond donors (Lipinski definition) is 1. The van der Waals surface area contributed by atoms with Crippen LogP contribution in [0.3, 0.4) is 0 Å². The molecule has 0 amide bonds. The topological polar surface area (TPSA) is 59.1 Å². The molecule has 0 aliphatic carbocycles. The van der Waals surface area contributed by atoms with Gasteiger partial charge in [0.2, 0.25) is 0 Å². The Hall–Kier alpha value is -1.06. The number of hydrogen-bond acceptors (Lipinski definition) is 3. The summed E-state index contributed by atoms with van der Waals surface area (Å²) in [5, 5.41) is 0. The molecule has 1 heterocycles. The summed E-state index contributed by atoms with van der Waals surface area (Å²) >= 11 is 6.00. The number of aromatic nitrogens is 1. The van der Waals surface area contributed by atoms with Gasteiger partial charge in [-0.05, 0) is 44.0 Å². The second kappa shape index (κ2) is 5.74. The Balaban J connectivity index is 2.44. The number of nitrogens with one attached hydrogen (secondary N) is 1. The molecule has 2 aromatic rings. The van der Waals surface area contributed by atoms with Crippen LogP contribution in [0.4, 0.5) is 14.5 Å². The van der Waals surface area contributed by atoms with Crippen LogP contribution in [-0.4, -0.2) is 13.4 Å². The lowest BCUT2D eigenvalue weighted by Crippen LogP contribution is -2.15. The highest BCUT2D eigenvalue weighted by Crippen LogP contribution is 2.29. The first kappa shape index (κ1) is 15.3. The van der Waals surface area contributed by atoms with Gasteiger partial charge >= 0.3 is 0 Å². The van der Waals surface area contributed by atoms with Crippen molar-refractivity contribution in [3.8, 4) is 0 Å². The third-order valence-electron chi connectivity index (χ3n) is 2.23. The Kier molecular flexibility index (Phi) is 4.40.